The summed E-state index contributed by atoms with van der Waals surface area (Å²) in [6.45, 7) is 1.85. The Kier molecular flexibility index (Phi) is 6.22. The first-order valence-electron chi connectivity index (χ1n) is 8.97. The predicted octanol–water partition coefficient (Wildman–Crippen LogP) is 5.91. The molecule has 0 amide bonds. The van der Waals surface area contributed by atoms with Gasteiger partial charge in [-0.3, -0.25) is 0 Å². The van der Waals surface area contributed by atoms with Crippen LogP contribution in [0, 0.1) is 6.92 Å². The monoisotopic (exact) mass is 429 g/mol. The molecule has 0 aliphatic rings. The molecule has 0 N–H and O–H groups in total. The Hall–Kier alpha value is -3.19. The fourth-order valence-corrected chi connectivity index (χ4v) is 3.65. The molecule has 0 bridgehead atoms. The highest BCUT2D eigenvalue weighted by Gasteiger charge is 2.29. The van der Waals surface area contributed by atoms with Crippen LogP contribution in [0.1, 0.15) is 22.3 Å². The van der Waals surface area contributed by atoms with E-state index in [4.69, 9.17) is 0 Å². The highest BCUT2D eigenvalue weighted by atomic mass is 32.2. The molecule has 7 heteroatoms. The van der Waals surface area contributed by atoms with Crippen LogP contribution < -0.4 is 0 Å². The van der Waals surface area contributed by atoms with Crippen LogP contribution in [-0.2, 0) is 16.2 Å². The van der Waals surface area contributed by atoms with Gasteiger partial charge in [0.05, 0.1) is 16.2 Å². The van der Waals surface area contributed by atoms with Gasteiger partial charge in [0.25, 0.3) is 10.0 Å². The Morgan fingerprint density at radius 2 is 1.47 bits per heavy atom. The molecule has 0 saturated carbocycles. The fraction of sp³-hybridized carbons (Fsp3) is 0.0870. The zero-order chi connectivity index (χ0) is 21.8. The summed E-state index contributed by atoms with van der Waals surface area (Å²) in [4.78, 5) is 0.0597. The summed E-state index contributed by atoms with van der Waals surface area (Å²) in [5.74, 6) is 0. The van der Waals surface area contributed by atoms with E-state index in [1.165, 1.54) is 36.4 Å². The second kappa shape index (κ2) is 8.67. The molecule has 154 valence electrons. The van der Waals surface area contributed by atoms with E-state index in [-0.39, 0.29) is 10.6 Å². The molecule has 30 heavy (non-hydrogen) atoms. The normalized spacial score (nSPS) is 13.0. The number of allylic oxidation sites excluding steroid dienone is 1. The summed E-state index contributed by atoms with van der Waals surface area (Å²) in [6.07, 6.45) is -1.42. The Bertz CT molecular complexity index is 1160. The molecular formula is C23H18F3NO2S. The van der Waals surface area contributed by atoms with Crippen molar-refractivity contribution in [3.05, 3.63) is 107 Å². The molecule has 3 nitrogen and oxygen atoms in total. The van der Waals surface area contributed by atoms with Crippen LogP contribution in [0.2, 0.25) is 0 Å². The van der Waals surface area contributed by atoms with Crippen LogP contribution in [0.4, 0.5) is 13.2 Å². The molecule has 0 aromatic heterocycles. The quantitative estimate of drug-likeness (QED) is 0.474. The maximum Gasteiger partial charge on any atom is 0.416 e. The molecule has 3 aromatic carbocycles. The molecule has 0 unspecified atom stereocenters. The lowest BCUT2D eigenvalue weighted by molar-refractivity contribution is -0.137. The van der Waals surface area contributed by atoms with E-state index in [0.717, 1.165) is 17.7 Å². The van der Waals surface area contributed by atoms with Crippen molar-refractivity contribution >= 4 is 21.8 Å². The van der Waals surface area contributed by atoms with E-state index in [1.807, 2.05) is 6.92 Å². The molecule has 3 rings (SSSR count). The number of alkyl halides is 3. The van der Waals surface area contributed by atoms with E-state index in [1.54, 1.807) is 42.5 Å². The van der Waals surface area contributed by atoms with Gasteiger partial charge in [-0.1, -0.05) is 66.2 Å². The van der Waals surface area contributed by atoms with Gasteiger partial charge in [-0.15, -0.1) is 0 Å². The van der Waals surface area contributed by atoms with Crippen molar-refractivity contribution in [1.82, 2.24) is 0 Å². The maximum absolute atomic E-state index is 12.7. The Balaban J connectivity index is 1.98. The zero-order valence-electron chi connectivity index (χ0n) is 16.0. The molecule has 0 saturated heterocycles. The van der Waals surface area contributed by atoms with Gasteiger partial charge >= 0.3 is 6.18 Å². The minimum absolute atomic E-state index is 0.0597. The van der Waals surface area contributed by atoms with Crippen LogP contribution in [0.25, 0.3) is 6.08 Å². The van der Waals surface area contributed by atoms with E-state index < -0.39 is 21.8 Å². The van der Waals surface area contributed by atoms with E-state index >= 15 is 0 Å². The third kappa shape index (κ3) is 5.45. The fourth-order valence-electron chi connectivity index (χ4n) is 2.64. The highest BCUT2D eigenvalue weighted by molar-refractivity contribution is 7.90. The summed E-state index contributed by atoms with van der Waals surface area (Å²) in [6, 6.07) is 19.6. The lowest BCUT2D eigenvalue weighted by Crippen LogP contribution is -2.05. The van der Waals surface area contributed by atoms with Crippen molar-refractivity contribution < 1.29 is 21.6 Å². The molecule has 0 aliphatic heterocycles. The largest absolute Gasteiger partial charge is 0.416 e. The molecular weight excluding hydrogens is 411 g/mol. The Labute approximate surface area is 173 Å². The number of benzene rings is 3. The van der Waals surface area contributed by atoms with Crippen LogP contribution >= 0.6 is 0 Å². The number of halogens is 3. The Morgan fingerprint density at radius 3 is 2.03 bits per heavy atom. The van der Waals surface area contributed by atoms with Gasteiger partial charge in [0.15, 0.2) is 0 Å². The van der Waals surface area contributed by atoms with Gasteiger partial charge in [0, 0.05) is 5.56 Å². The zero-order valence-corrected chi connectivity index (χ0v) is 16.8. The van der Waals surface area contributed by atoms with Gasteiger partial charge < -0.3 is 0 Å². The number of nitrogens with zero attached hydrogens (tertiary/aromatic N) is 1. The molecule has 0 heterocycles. The minimum atomic E-state index is -4.42. The summed E-state index contributed by atoms with van der Waals surface area (Å²) in [5.41, 5.74) is 1.40. The van der Waals surface area contributed by atoms with Gasteiger partial charge in [-0.05, 0) is 42.8 Å². The smallest absolute Gasteiger partial charge is 0.199 e. The average molecular weight is 429 g/mol. The van der Waals surface area contributed by atoms with Crippen molar-refractivity contribution in [2.24, 2.45) is 4.40 Å². The molecule has 3 aromatic rings. The topological polar surface area (TPSA) is 46.5 Å². The van der Waals surface area contributed by atoms with Crippen LogP contribution in [0.5, 0.6) is 0 Å². The van der Waals surface area contributed by atoms with Crippen molar-refractivity contribution in [1.29, 1.82) is 0 Å². The summed E-state index contributed by atoms with van der Waals surface area (Å²) in [7, 11) is -3.97. The van der Waals surface area contributed by atoms with E-state index in [9.17, 15) is 21.6 Å². The molecule has 0 radical (unpaired) electrons. The third-order valence-electron chi connectivity index (χ3n) is 4.28. The molecule has 0 aliphatic carbocycles. The Morgan fingerprint density at radius 1 is 0.867 bits per heavy atom. The second-order valence-electron chi connectivity index (χ2n) is 6.58. The van der Waals surface area contributed by atoms with Crippen LogP contribution in [0.3, 0.4) is 0 Å². The van der Waals surface area contributed by atoms with Crippen molar-refractivity contribution in [3.63, 3.8) is 0 Å². The SMILES string of the molecule is Cc1ccc(S(=O)(=O)/N=C(/C=C/c2ccc(C(F)(F)F)cc2)c2ccccc2)cc1. The lowest BCUT2D eigenvalue weighted by atomic mass is 10.1. The van der Waals surface area contributed by atoms with E-state index in [0.29, 0.717) is 11.1 Å². The number of hydrogen-bond acceptors (Lipinski definition) is 2. The maximum atomic E-state index is 12.7. The highest BCUT2D eigenvalue weighted by Crippen LogP contribution is 2.29. The number of sulfonamides is 1. The number of aryl methyl sites for hydroxylation is 1. The third-order valence-corrected chi connectivity index (χ3v) is 5.58. The molecule has 0 spiro atoms. The van der Waals surface area contributed by atoms with Crippen molar-refractivity contribution in [3.8, 4) is 0 Å². The van der Waals surface area contributed by atoms with Gasteiger partial charge in [-0.25, -0.2) is 0 Å². The van der Waals surface area contributed by atoms with Crippen LogP contribution in [0.15, 0.2) is 94.2 Å². The molecule has 0 fully saturated rings. The first-order valence-corrected chi connectivity index (χ1v) is 10.4. The summed E-state index contributed by atoms with van der Waals surface area (Å²) >= 11 is 0. The number of rotatable bonds is 5. The predicted molar refractivity (Wildman–Crippen MR) is 112 cm³/mol. The summed E-state index contributed by atoms with van der Waals surface area (Å²) < 4.78 is 67.6. The van der Waals surface area contributed by atoms with Crippen molar-refractivity contribution in [2.75, 3.05) is 0 Å². The average Bonchev–Trinajstić information content (AvgIpc) is 2.72. The molecule has 0 atom stereocenters. The first kappa shape index (κ1) is 21.5. The van der Waals surface area contributed by atoms with Crippen LogP contribution in [-0.4, -0.2) is 14.1 Å². The van der Waals surface area contributed by atoms with Crippen molar-refractivity contribution in [2.45, 2.75) is 18.0 Å². The van der Waals surface area contributed by atoms with E-state index in [2.05, 4.69) is 4.40 Å². The summed E-state index contributed by atoms with van der Waals surface area (Å²) in [5, 5.41) is 0. The van der Waals surface area contributed by atoms with Gasteiger partial charge in [0.2, 0.25) is 0 Å². The van der Waals surface area contributed by atoms with Gasteiger partial charge in [0.1, 0.15) is 0 Å². The minimum Gasteiger partial charge on any atom is -0.199 e. The number of hydrogen-bond donors (Lipinski definition) is 0. The second-order valence-corrected chi connectivity index (χ2v) is 8.19. The first-order chi connectivity index (χ1) is 14.1. The lowest BCUT2D eigenvalue weighted by Gasteiger charge is -2.06. The van der Waals surface area contributed by atoms with Gasteiger partial charge in [-0.2, -0.15) is 26.0 Å². The standard InChI is InChI=1S/C23H18F3NO2S/c1-17-7-14-21(15-8-17)30(28,29)27-22(19-5-3-2-4-6-19)16-11-18-9-12-20(13-10-18)23(24,25)26/h2-16H,1H3/b16-11+,27-22-.